The highest BCUT2D eigenvalue weighted by atomic mass is 19.4. The molecule has 1 aromatic heterocycles. The number of nitrogens with one attached hydrogen (secondary N) is 1. The van der Waals surface area contributed by atoms with Gasteiger partial charge in [-0.1, -0.05) is 0 Å². The number of ether oxygens (including phenoxy) is 1. The molecule has 1 aromatic rings. The van der Waals surface area contributed by atoms with Gasteiger partial charge in [-0.25, -0.2) is 4.98 Å². The predicted molar refractivity (Wildman–Crippen MR) is 77.1 cm³/mol. The van der Waals surface area contributed by atoms with Gasteiger partial charge in [0.2, 0.25) is 5.88 Å². The third kappa shape index (κ3) is 4.46. The van der Waals surface area contributed by atoms with Crippen LogP contribution in [-0.4, -0.2) is 54.3 Å². The molecule has 1 aliphatic heterocycles. The Hall–Kier alpha value is -1.57. The van der Waals surface area contributed by atoms with E-state index in [4.69, 9.17) is 4.74 Å². The molecule has 1 atom stereocenters. The number of alkyl halides is 3. The highest BCUT2D eigenvalue weighted by Gasteiger charge is 2.34. The van der Waals surface area contributed by atoms with Gasteiger partial charge in [0.25, 0.3) is 0 Å². The first-order valence-electron chi connectivity index (χ1n) is 7.20. The van der Waals surface area contributed by atoms with E-state index in [-0.39, 0.29) is 5.92 Å². The number of likely N-dealkylation sites (tertiary alicyclic amines) is 1. The van der Waals surface area contributed by atoms with Crippen LogP contribution >= 0.6 is 0 Å². The first-order valence-corrected chi connectivity index (χ1v) is 7.20. The maximum atomic E-state index is 12.4. The third-order valence-electron chi connectivity index (χ3n) is 3.74. The Kier molecular flexibility index (Phi) is 5.10. The summed E-state index contributed by atoms with van der Waals surface area (Å²) >= 11 is 0. The number of halogens is 3. The minimum absolute atomic E-state index is 0.183. The quantitative estimate of drug-likeness (QED) is 0.903. The highest BCUT2D eigenvalue weighted by Crippen LogP contribution is 2.25. The van der Waals surface area contributed by atoms with Crippen LogP contribution in [0.15, 0.2) is 0 Å². The van der Waals surface area contributed by atoms with E-state index >= 15 is 0 Å². The molecule has 22 heavy (non-hydrogen) atoms. The van der Waals surface area contributed by atoms with E-state index in [9.17, 15) is 13.2 Å². The third-order valence-corrected chi connectivity index (χ3v) is 3.74. The second-order valence-corrected chi connectivity index (χ2v) is 5.64. The van der Waals surface area contributed by atoms with Crippen molar-refractivity contribution in [2.75, 3.05) is 38.6 Å². The average Bonchev–Trinajstić information content (AvgIpc) is 2.84. The molecule has 0 aromatic carbocycles. The summed E-state index contributed by atoms with van der Waals surface area (Å²) in [6.07, 6.45) is -3.38. The second kappa shape index (κ2) is 6.68. The number of aromatic nitrogens is 2. The number of rotatable bonds is 5. The predicted octanol–water partition coefficient (Wildman–Crippen LogP) is 2.40. The lowest BCUT2D eigenvalue weighted by atomic mass is 10.1. The van der Waals surface area contributed by atoms with Gasteiger partial charge in [-0.15, -0.1) is 0 Å². The highest BCUT2D eigenvalue weighted by molar-refractivity contribution is 5.48. The lowest BCUT2D eigenvalue weighted by Gasteiger charge is -2.18. The molecule has 124 valence electrons. The number of anilines is 1. The maximum absolute atomic E-state index is 12.4. The van der Waals surface area contributed by atoms with E-state index < -0.39 is 12.7 Å². The summed E-state index contributed by atoms with van der Waals surface area (Å²) in [5, 5.41) is 3.21. The van der Waals surface area contributed by atoms with Crippen LogP contribution < -0.4 is 10.1 Å². The van der Waals surface area contributed by atoms with Crippen molar-refractivity contribution < 1.29 is 17.9 Å². The molecule has 0 spiro atoms. The first kappa shape index (κ1) is 16.8. The van der Waals surface area contributed by atoms with Crippen LogP contribution in [0.25, 0.3) is 0 Å². The zero-order valence-electron chi connectivity index (χ0n) is 13.0. The van der Waals surface area contributed by atoms with Crippen molar-refractivity contribution in [2.45, 2.75) is 26.4 Å². The van der Waals surface area contributed by atoms with Crippen molar-refractivity contribution in [1.82, 2.24) is 14.9 Å². The first-order chi connectivity index (χ1) is 10.3. The van der Waals surface area contributed by atoms with E-state index in [2.05, 4.69) is 15.3 Å². The summed E-state index contributed by atoms with van der Waals surface area (Å²) in [5.74, 6) is 1.97. The van der Waals surface area contributed by atoms with E-state index in [0.717, 1.165) is 12.0 Å². The minimum Gasteiger partial charge on any atom is -0.481 e. The second-order valence-electron chi connectivity index (χ2n) is 5.64. The Balaban J connectivity index is 1.91. The summed E-state index contributed by atoms with van der Waals surface area (Å²) in [5.41, 5.74) is 0.804. The Morgan fingerprint density at radius 1 is 1.32 bits per heavy atom. The van der Waals surface area contributed by atoms with Crippen molar-refractivity contribution in [3.8, 4) is 5.88 Å². The molecule has 0 saturated carbocycles. The van der Waals surface area contributed by atoms with E-state index in [1.165, 1.54) is 4.90 Å². The Morgan fingerprint density at radius 2 is 2.05 bits per heavy atom. The SMILES string of the molecule is COc1nc(C)nc(NCC2CCN(CC(F)(F)F)C2)c1C. The Morgan fingerprint density at radius 3 is 2.68 bits per heavy atom. The number of methoxy groups -OCH3 is 1. The van der Waals surface area contributed by atoms with Crippen LogP contribution in [0.4, 0.5) is 19.0 Å². The molecule has 2 rings (SSSR count). The van der Waals surface area contributed by atoms with Gasteiger partial charge in [-0.3, -0.25) is 4.90 Å². The monoisotopic (exact) mass is 318 g/mol. The molecule has 1 aliphatic rings. The Bertz CT molecular complexity index is 522. The molecular weight excluding hydrogens is 297 g/mol. The van der Waals surface area contributed by atoms with E-state index in [1.807, 2.05) is 6.92 Å². The summed E-state index contributed by atoms with van der Waals surface area (Å²) in [6, 6.07) is 0. The summed E-state index contributed by atoms with van der Waals surface area (Å²) in [4.78, 5) is 9.95. The van der Waals surface area contributed by atoms with Crippen LogP contribution in [0.3, 0.4) is 0 Å². The number of nitrogens with zero attached hydrogens (tertiary/aromatic N) is 3. The van der Waals surface area contributed by atoms with Crippen LogP contribution in [0.1, 0.15) is 17.8 Å². The molecule has 2 heterocycles. The fraction of sp³-hybridized carbons (Fsp3) is 0.714. The average molecular weight is 318 g/mol. The van der Waals surface area contributed by atoms with Crippen molar-refractivity contribution in [3.63, 3.8) is 0 Å². The molecule has 8 heteroatoms. The van der Waals surface area contributed by atoms with Gasteiger partial charge >= 0.3 is 6.18 Å². The van der Waals surface area contributed by atoms with Crippen LogP contribution in [0.5, 0.6) is 5.88 Å². The largest absolute Gasteiger partial charge is 0.481 e. The van der Waals surface area contributed by atoms with Gasteiger partial charge in [0.1, 0.15) is 11.6 Å². The normalized spacial score (nSPS) is 19.5. The topological polar surface area (TPSA) is 50.3 Å². The number of aryl methyl sites for hydroxylation is 1. The molecule has 0 bridgehead atoms. The number of hydrogen-bond donors (Lipinski definition) is 1. The lowest BCUT2D eigenvalue weighted by Crippen LogP contribution is -2.33. The van der Waals surface area contributed by atoms with E-state index in [1.54, 1.807) is 14.0 Å². The van der Waals surface area contributed by atoms with Gasteiger partial charge in [0.05, 0.1) is 19.2 Å². The van der Waals surface area contributed by atoms with Crippen LogP contribution in [0.2, 0.25) is 0 Å². The summed E-state index contributed by atoms with van der Waals surface area (Å²) < 4.78 is 42.3. The molecular formula is C14H21F3N4O. The fourth-order valence-electron chi connectivity index (χ4n) is 2.69. The fourth-order valence-corrected chi connectivity index (χ4v) is 2.69. The zero-order valence-corrected chi connectivity index (χ0v) is 13.0. The molecule has 0 aliphatic carbocycles. The maximum Gasteiger partial charge on any atom is 0.401 e. The van der Waals surface area contributed by atoms with E-state index in [0.29, 0.717) is 37.2 Å². The zero-order chi connectivity index (χ0) is 16.3. The van der Waals surface area contributed by atoms with Crippen molar-refractivity contribution in [2.24, 2.45) is 5.92 Å². The smallest absolute Gasteiger partial charge is 0.401 e. The minimum atomic E-state index is -4.13. The van der Waals surface area contributed by atoms with Crippen molar-refractivity contribution >= 4 is 5.82 Å². The molecule has 0 amide bonds. The molecule has 1 N–H and O–H groups in total. The van der Waals surface area contributed by atoms with Gasteiger partial charge in [0, 0.05) is 13.1 Å². The van der Waals surface area contributed by atoms with Gasteiger partial charge in [0.15, 0.2) is 0 Å². The molecule has 5 nitrogen and oxygen atoms in total. The van der Waals surface area contributed by atoms with Gasteiger partial charge in [-0.2, -0.15) is 18.2 Å². The van der Waals surface area contributed by atoms with Crippen LogP contribution in [-0.2, 0) is 0 Å². The van der Waals surface area contributed by atoms with Gasteiger partial charge < -0.3 is 10.1 Å². The molecule has 1 saturated heterocycles. The number of hydrogen-bond acceptors (Lipinski definition) is 5. The Labute approximate surface area is 127 Å². The lowest BCUT2D eigenvalue weighted by molar-refractivity contribution is -0.143. The van der Waals surface area contributed by atoms with Gasteiger partial charge in [-0.05, 0) is 32.7 Å². The van der Waals surface area contributed by atoms with Crippen LogP contribution in [0, 0.1) is 19.8 Å². The molecule has 1 fully saturated rings. The standard InChI is InChI=1S/C14H21F3N4O/c1-9-12(19-10(2)20-13(9)22-3)18-6-11-4-5-21(7-11)8-14(15,16)17/h11H,4-8H2,1-3H3,(H,18,19,20). The molecule has 0 radical (unpaired) electrons. The summed E-state index contributed by atoms with van der Waals surface area (Å²) in [6.45, 7) is 4.32. The van der Waals surface area contributed by atoms with Crippen molar-refractivity contribution in [3.05, 3.63) is 11.4 Å². The molecule has 1 unspecified atom stereocenters. The summed E-state index contributed by atoms with van der Waals surface area (Å²) in [7, 11) is 1.55. The van der Waals surface area contributed by atoms with Crippen molar-refractivity contribution in [1.29, 1.82) is 0 Å².